The molecule has 0 aromatic carbocycles. The molecule has 0 spiro atoms. The lowest BCUT2D eigenvalue weighted by Gasteiger charge is -2.36. The van der Waals surface area contributed by atoms with Gasteiger partial charge in [0, 0.05) is 25.4 Å². The second-order valence-electron chi connectivity index (χ2n) is 5.40. The van der Waals surface area contributed by atoms with E-state index in [1.807, 2.05) is 12.4 Å². The van der Waals surface area contributed by atoms with Crippen molar-refractivity contribution in [3.63, 3.8) is 0 Å². The molecule has 2 unspecified atom stereocenters. The fraction of sp³-hybridized carbons (Fsp3) is 0.786. The average molecular weight is 236 g/mol. The highest BCUT2D eigenvalue weighted by molar-refractivity contribution is 5.00. The molecule has 1 fully saturated rings. The summed E-state index contributed by atoms with van der Waals surface area (Å²) >= 11 is 0. The molecule has 1 aliphatic carbocycles. The Hall–Kier alpha value is -0.830. The molecule has 2 atom stereocenters. The summed E-state index contributed by atoms with van der Waals surface area (Å²) in [7, 11) is 0. The third-order valence-corrected chi connectivity index (χ3v) is 4.13. The Labute approximate surface area is 104 Å². The van der Waals surface area contributed by atoms with E-state index in [-0.39, 0.29) is 0 Å². The van der Waals surface area contributed by atoms with Crippen LogP contribution in [0.1, 0.15) is 51.8 Å². The number of aromatic nitrogens is 2. The van der Waals surface area contributed by atoms with Gasteiger partial charge in [0.05, 0.1) is 5.60 Å². The molecule has 0 bridgehead atoms. The van der Waals surface area contributed by atoms with E-state index in [1.165, 1.54) is 12.8 Å². The van der Waals surface area contributed by atoms with Crippen LogP contribution < -0.4 is 0 Å². The molecule has 0 saturated heterocycles. The number of aryl methyl sites for hydroxylation is 1. The van der Waals surface area contributed by atoms with Crippen LogP contribution in [0.4, 0.5) is 0 Å². The lowest BCUT2D eigenvalue weighted by molar-refractivity contribution is -0.0182. The zero-order valence-corrected chi connectivity index (χ0v) is 11.0. The van der Waals surface area contributed by atoms with Gasteiger partial charge in [-0.3, -0.25) is 0 Å². The van der Waals surface area contributed by atoms with Crippen LogP contribution in [0.5, 0.6) is 0 Å². The molecule has 0 radical (unpaired) electrons. The van der Waals surface area contributed by atoms with Crippen molar-refractivity contribution in [2.75, 3.05) is 0 Å². The van der Waals surface area contributed by atoms with Crippen LogP contribution in [0.25, 0.3) is 0 Å². The lowest BCUT2D eigenvalue weighted by atomic mass is 9.75. The van der Waals surface area contributed by atoms with Gasteiger partial charge in [-0.05, 0) is 25.7 Å². The summed E-state index contributed by atoms with van der Waals surface area (Å²) in [6, 6.07) is 0. The number of rotatable bonds is 4. The maximum Gasteiger partial charge on any atom is 0.111 e. The second-order valence-corrected chi connectivity index (χ2v) is 5.40. The predicted octanol–water partition coefficient (Wildman–Crippen LogP) is 2.78. The van der Waals surface area contributed by atoms with Crippen molar-refractivity contribution >= 4 is 0 Å². The van der Waals surface area contributed by atoms with E-state index >= 15 is 0 Å². The Balaban J connectivity index is 2.06. The maximum atomic E-state index is 10.7. The minimum absolute atomic E-state index is 0.517. The number of hydrogen-bond donors (Lipinski definition) is 1. The van der Waals surface area contributed by atoms with Crippen LogP contribution in [0.3, 0.4) is 0 Å². The number of nitrogens with zero attached hydrogens (tertiary/aromatic N) is 2. The second kappa shape index (κ2) is 5.21. The quantitative estimate of drug-likeness (QED) is 0.873. The molecule has 0 aliphatic heterocycles. The first kappa shape index (κ1) is 12.6. The predicted molar refractivity (Wildman–Crippen MR) is 68.8 cm³/mol. The first-order chi connectivity index (χ1) is 8.17. The Bertz CT molecular complexity index is 361. The Morgan fingerprint density at radius 2 is 2.35 bits per heavy atom. The van der Waals surface area contributed by atoms with Crippen molar-refractivity contribution in [3.8, 4) is 0 Å². The number of imidazole rings is 1. The van der Waals surface area contributed by atoms with Crippen molar-refractivity contribution in [3.05, 3.63) is 18.2 Å². The molecule has 1 N–H and O–H groups in total. The molecule has 1 aromatic heterocycles. The largest absolute Gasteiger partial charge is 0.389 e. The van der Waals surface area contributed by atoms with Gasteiger partial charge < -0.3 is 9.67 Å². The molecule has 3 nitrogen and oxygen atoms in total. The zero-order chi connectivity index (χ0) is 12.3. The first-order valence-corrected chi connectivity index (χ1v) is 6.89. The number of aliphatic hydroxyl groups is 1. The summed E-state index contributed by atoms with van der Waals surface area (Å²) in [5.74, 6) is 1.73. The van der Waals surface area contributed by atoms with E-state index in [0.717, 1.165) is 31.6 Å². The highest BCUT2D eigenvalue weighted by atomic mass is 16.3. The normalized spacial score (nSPS) is 29.5. The highest BCUT2D eigenvalue weighted by Crippen LogP contribution is 2.36. The molecule has 1 heterocycles. The van der Waals surface area contributed by atoms with Crippen LogP contribution in [-0.2, 0) is 13.0 Å². The van der Waals surface area contributed by atoms with Gasteiger partial charge in [-0.25, -0.2) is 4.98 Å². The van der Waals surface area contributed by atoms with E-state index in [1.54, 1.807) is 0 Å². The summed E-state index contributed by atoms with van der Waals surface area (Å²) in [6.07, 6.45) is 10.0. The molecular formula is C14H24N2O. The molecular weight excluding hydrogens is 212 g/mol. The Morgan fingerprint density at radius 1 is 1.53 bits per heavy atom. The van der Waals surface area contributed by atoms with Gasteiger partial charge in [0.25, 0.3) is 0 Å². The zero-order valence-electron chi connectivity index (χ0n) is 11.0. The molecule has 0 amide bonds. The minimum Gasteiger partial charge on any atom is -0.389 e. The Morgan fingerprint density at radius 3 is 3.06 bits per heavy atom. The fourth-order valence-electron chi connectivity index (χ4n) is 3.06. The SMILES string of the molecule is CCC1CCCC(O)(Cc2nccn2CC)C1. The van der Waals surface area contributed by atoms with E-state index in [2.05, 4.69) is 23.4 Å². The van der Waals surface area contributed by atoms with E-state index in [9.17, 15) is 5.11 Å². The van der Waals surface area contributed by atoms with Gasteiger partial charge in [-0.15, -0.1) is 0 Å². The molecule has 1 aromatic rings. The van der Waals surface area contributed by atoms with Crippen molar-refractivity contribution in [1.29, 1.82) is 0 Å². The molecule has 1 aliphatic rings. The molecule has 3 heteroatoms. The summed E-state index contributed by atoms with van der Waals surface area (Å²) in [5.41, 5.74) is -0.517. The van der Waals surface area contributed by atoms with Crippen molar-refractivity contribution in [2.24, 2.45) is 5.92 Å². The summed E-state index contributed by atoms with van der Waals surface area (Å²) in [6.45, 7) is 5.27. The van der Waals surface area contributed by atoms with Gasteiger partial charge in [-0.1, -0.05) is 26.2 Å². The fourth-order valence-corrected chi connectivity index (χ4v) is 3.06. The van der Waals surface area contributed by atoms with E-state index in [4.69, 9.17) is 0 Å². The first-order valence-electron chi connectivity index (χ1n) is 6.89. The number of hydrogen-bond acceptors (Lipinski definition) is 2. The van der Waals surface area contributed by atoms with Crippen LogP contribution in [-0.4, -0.2) is 20.3 Å². The summed E-state index contributed by atoms with van der Waals surface area (Å²) < 4.78 is 2.13. The van der Waals surface area contributed by atoms with Gasteiger partial charge in [0.1, 0.15) is 5.82 Å². The van der Waals surface area contributed by atoms with E-state index < -0.39 is 5.60 Å². The van der Waals surface area contributed by atoms with Gasteiger partial charge >= 0.3 is 0 Å². The van der Waals surface area contributed by atoms with Gasteiger partial charge in [-0.2, -0.15) is 0 Å². The average Bonchev–Trinajstić information content (AvgIpc) is 2.75. The minimum atomic E-state index is -0.517. The standard InChI is InChI=1S/C14H24N2O/c1-3-12-6-5-7-14(17,10-12)11-13-15-8-9-16(13)4-2/h8-9,12,17H,3-7,10-11H2,1-2H3. The van der Waals surface area contributed by atoms with Gasteiger partial charge in [0.2, 0.25) is 0 Å². The van der Waals surface area contributed by atoms with Crippen molar-refractivity contribution in [2.45, 2.75) is 64.5 Å². The molecule has 17 heavy (non-hydrogen) atoms. The van der Waals surface area contributed by atoms with E-state index in [0.29, 0.717) is 12.3 Å². The van der Waals surface area contributed by atoms with Crippen LogP contribution >= 0.6 is 0 Å². The lowest BCUT2D eigenvalue weighted by Crippen LogP contribution is -2.38. The summed E-state index contributed by atoms with van der Waals surface area (Å²) in [5, 5.41) is 10.7. The third kappa shape index (κ3) is 2.89. The Kier molecular flexibility index (Phi) is 3.87. The summed E-state index contributed by atoms with van der Waals surface area (Å²) in [4.78, 5) is 4.38. The molecule has 2 rings (SSSR count). The molecule has 96 valence electrons. The topological polar surface area (TPSA) is 38.1 Å². The van der Waals surface area contributed by atoms with Crippen LogP contribution in [0.2, 0.25) is 0 Å². The molecule has 1 saturated carbocycles. The maximum absolute atomic E-state index is 10.7. The smallest absolute Gasteiger partial charge is 0.111 e. The monoisotopic (exact) mass is 236 g/mol. The van der Waals surface area contributed by atoms with Crippen molar-refractivity contribution < 1.29 is 5.11 Å². The van der Waals surface area contributed by atoms with Gasteiger partial charge in [0.15, 0.2) is 0 Å². The third-order valence-electron chi connectivity index (χ3n) is 4.13. The van der Waals surface area contributed by atoms with Crippen molar-refractivity contribution in [1.82, 2.24) is 9.55 Å². The van der Waals surface area contributed by atoms with Crippen LogP contribution in [0.15, 0.2) is 12.4 Å². The highest BCUT2D eigenvalue weighted by Gasteiger charge is 2.34. The van der Waals surface area contributed by atoms with Crippen LogP contribution in [0, 0.1) is 5.92 Å².